The van der Waals surface area contributed by atoms with Crippen molar-refractivity contribution in [3.8, 4) is 89.0 Å². The molecule has 0 fully saturated rings. The highest BCUT2D eigenvalue weighted by atomic mass is 32.1. The maximum Gasteiger partial charge on any atom is 0.0465 e. The molecule has 16 aromatic carbocycles. The van der Waals surface area contributed by atoms with Gasteiger partial charge in [0.15, 0.2) is 0 Å². The molecule has 2 nitrogen and oxygen atoms in total. The maximum atomic E-state index is 2.44. The first-order valence-corrected chi connectivity index (χ1v) is 37.0. The Bertz CT molecular complexity index is 5900. The monoisotopic (exact) mass is 1350 g/mol. The summed E-state index contributed by atoms with van der Waals surface area (Å²) >= 11 is 3.73. The fourth-order valence-electron chi connectivity index (χ4n) is 15.1. The highest BCUT2D eigenvalue weighted by molar-refractivity contribution is 7.26. The van der Waals surface area contributed by atoms with Crippen molar-refractivity contribution < 1.29 is 0 Å². The lowest BCUT2D eigenvalue weighted by Gasteiger charge is -2.28. The van der Waals surface area contributed by atoms with Gasteiger partial charge in [-0.3, -0.25) is 0 Å². The Balaban J connectivity index is 0.000000147. The zero-order valence-electron chi connectivity index (χ0n) is 57.2. The van der Waals surface area contributed by atoms with E-state index in [9.17, 15) is 0 Å². The summed E-state index contributed by atoms with van der Waals surface area (Å²) in [5.41, 5.74) is 29.1. The molecule has 2 heterocycles. The molecule has 0 bridgehead atoms. The molecule has 2 aromatic heterocycles. The van der Waals surface area contributed by atoms with E-state index in [1.807, 2.05) is 22.7 Å². The lowest BCUT2D eigenvalue weighted by atomic mass is 9.81. The summed E-state index contributed by atoms with van der Waals surface area (Å²) in [5.74, 6) is 0. The van der Waals surface area contributed by atoms with E-state index in [4.69, 9.17) is 0 Å². The molecule has 1 aliphatic rings. The van der Waals surface area contributed by atoms with E-state index < -0.39 is 0 Å². The van der Waals surface area contributed by atoms with E-state index >= 15 is 0 Å². The summed E-state index contributed by atoms with van der Waals surface area (Å²) < 4.78 is 5.35. The summed E-state index contributed by atoms with van der Waals surface area (Å²) in [6, 6.07) is 141. The van der Waals surface area contributed by atoms with Gasteiger partial charge in [0.1, 0.15) is 0 Å². The van der Waals surface area contributed by atoms with E-state index in [2.05, 4.69) is 412 Å². The lowest BCUT2D eigenvalue weighted by molar-refractivity contribution is 0.660. The van der Waals surface area contributed by atoms with Crippen LogP contribution in [0.2, 0.25) is 0 Å². The van der Waals surface area contributed by atoms with Crippen molar-refractivity contribution in [2.45, 2.75) is 19.3 Å². The topological polar surface area (TPSA) is 6.48 Å². The number of benzene rings is 16. The van der Waals surface area contributed by atoms with Crippen molar-refractivity contribution in [2.24, 2.45) is 0 Å². The van der Waals surface area contributed by atoms with Crippen LogP contribution < -0.4 is 9.80 Å². The molecule has 0 saturated carbocycles. The average molecular weight is 1350 g/mol. The van der Waals surface area contributed by atoms with Gasteiger partial charge in [-0.05, 0) is 215 Å². The van der Waals surface area contributed by atoms with Crippen molar-refractivity contribution >= 4 is 97.1 Å². The van der Waals surface area contributed by atoms with Crippen LogP contribution in [0.4, 0.5) is 34.1 Å². The average Bonchev–Trinajstić information content (AvgIpc) is 1.54. The predicted octanol–water partition coefficient (Wildman–Crippen LogP) is 29.0. The zero-order valence-corrected chi connectivity index (χ0v) is 58.8. The number of fused-ring (bicyclic) bond motifs is 9. The highest BCUT2D eigenvalue weighted by Crippen LogP contribution is 2.53. The molecule has 0 unspecified atom stereocenters. The number of hydrogen-bond acceptors (Lipinski definition) is 4. The van der Waals surface area contributed by atoms with Crippen molar-refractivity contribution in [2.75, 3.05) is 9.80 Å². The maximum absolute atomic E-state index is 2.44. The quantitative estimate of drug-likeness (QED) is 0.114. The molecule has 19 rings (SSSR count). The predicted molar refractivity (Wildman–Crippen MR) is 444 cm³/mol. The zero-order chi connectivity index (χ0) is 68.8. The van der Waals surface area contributed by atoms with Gasteiger partial charge < -0.3 is 9.80 Å². The van der Waals surface area contributed by atoms with E-state index in [0.717, 1.165) is 34.1 Å². The molecule has 18 aromatic rings. The first-order chi connectivity index (χ1) is 50.8. The SMILES string of the molecule is CC1(C)c2cc(-c3ccc4sc5ccccc5c4c3)ccc2-c2ccc(N(c3ccc(-c4ccccc4)cc3)c3ccc(-c4ccccc4)cc3)cc21.c1ccc(-c2ccc(N(c3ccc(-c4ccccc4)cc3)c3ccc(-c4ccc(-c5ccc6sc7ccccc7c6c5)cc4)cc3)cc2)cc1. The van der Waals surface area contributed by atoms with Gasteiger partial charge in [-0.25, -0.2) is 0 Å². The smallest absolute Gasteiger partial charge is 0.0465 e. The second-order valence-corrected chi connectivity index (χ2v) is 29.3. The molecule has 0 aliphatic heterocycles. The van der Waals surface area contributed by atoms with Crippen LogP contribution >= 0.6 is 22.7 Å². The number of rotatable bonds is 13. The molecule has 0 atom stereocenters. The van der Waals surface area contributed by atoms with Gasteiger partial charge in [-0.1, -0.05) is 287 Å². The first kappa shape index (κ1) is 62.8. The summed E-state index contributed by atoms with van der Waals surface area (Å²) in [7, 11) is 0. The molecule has 0 spiro atoms. The highest BCUT2D eigenvalue weighted by Gasteiger charge is 2.36. The second kappa shape index (κ2) is 26.9. The third-order valence-electron chi connectivity index (χ3n) is 20.6. The molecule has 0 saturated heterocycles. The van der Waals surface area contributed by atoms with Gasteiger partial charge in [0.25, 0.3) is 0 Å². The third kappa shape index (κ3) is 12.2. The van der Waals surface area contributed by atoms with Crippen LogP contribution in [0.3, 0.4) is 0 Å². The molecular formula is C99H70N2S2. The number of nitrogens with zero attached hydrogens (tertiary/aromatic N) is 2. The molecule has 0 amide bonds. The second-order valence-electron chi connectivity index (χ2n) is 27.2. The van der Waals surface area contributed by atoms with Gasteiger partial charge in [0, 0.05) is 79.9 Å². The van der Waals surface area contributed by atoms with Crippen LogP contribution in [0.5, 0.6) is 0 Å². The van der Waals surface area contributed by atoms with Gasteiger partial charge in [0.05, 0.1) is 0 Å². The van der Waals surface area contributed by atoms with Crippen LogP contribution in [0.15, 0.2) is 388 Å². The van der Waals surface area contributed by atoms with Crippen LogP contribution in [0.25, 0.3) is 129 Å². The largest absolute Gasteiger partial charge is 0.311 e. The van der Waals surface area contributed by atoms with Gasteiger partial charge >= 0.3 is 0 Å². The Kier molecular flexibility index (Phi) is 16.4. The Hall–Kier alpha value is -12.4. The van der Waals surface area contributed by atoms with Crippen LogP contribution in [0.1, 0.15) is 25.0 Å². The van der Waals surface area contributed by atoms with E-state index in [0.29, 0.717) is 0 Å². The van der Waals surface area contributed by atoms with Gasteiger partial charge in [-0.2, -0.15) is 0 Å². The Morgan fingerprint density at radius 2 is 0.417 bits per heavy atom. The Morgan fingerprint density at radius 1 is 0.184 bits per heavy atom. The first-order valence-electron chi connectivity index (χ1n) is 35.3. The van der Waals surface area contributed by atoms with Crippen molar-refractivity contribution in [3.63, 3.8) is 0 Å². The molecule has 4 heteroatoms. The van der Waals surface area contributed by atoms with E-state index in [1.54, 1.807) is 0 Å². The van der Waals surface area contributed by atoms with Crippen LogP contribution in [-0.2, 0) is 5.41 Å². The van der Waals surface area contributed by atoms with E-state index in [1.165, 1.54) is 140 Å². The van der Waals surface area contributed by atoms with E-state index in [-0.39, 0.29) is 5.41 Å². The standard InChI is InChI=1S/C51H37NS.C48H33NS/c1-51(2)47-32-39(38-22-30-50-46(31-38)45-15-9-10-16-49(45)53-50)21-28-43(47)44-29-27-42(33-48(44)51)52(40-23-17-36(18-24-40)34-11-5-3-6-12-34)41-25-19-37(20-26-41)35-13-7-4-8-14-35;1-3-9-34(10-4-1)37-19-26-42(27-20-37)49(43-28-21-38(22-29-43)35-11-5-2-6-12-35)44-30-23-39(24-31-44)36-15-17-40(18-16-36)41-25-32-48-46(33-41)45-13-7-8-14-47(45)50-48/h3-33H,1-2H3;1-33H. The fourth-order valence-corrected chi connectivity index (χ4v) is 17.3. The fraction of sp³-hybridized carbons (Fsp3) is 0.0303. The molecule has 488 valence electrons. The number of thiophene rings is 2. The Morgan fingerprint density at radius 3 is 0.786 bits per heavy atom. The summed E-state index contributed by atoms with van der Waals surface area (Å²) in [6.45, 7) is 4.77. The van der Waals surface area contributed by atoms with Gasteiger partial charge in [0.2, 0.25) is 0 Å². The molecule has 0 radical (unpaired) electrons. The molecular weight excluding hydrogens is 1280 g/mol. The molecule has 0 N–H and O–H groups in total. The number of hydrogen-bond donors (Lipinski definition) is 0. The van der Waals surface area contributed by atoms with Gasteiger partial charge in [-0.15, -0.1) is 22.7 Å². The summed E-state index contributed by atoms with van der Waals surface area (Å²) in [6.07, 6.45) is 0. The summed E-state index contributed by atoms with van der Waals surface area (Å²) in [4.78, 5) is 4.73. The van der Waals surface area contributed by atoms with Crippen molar-refractivity contribution in [1.29, 1.82) is 0 Å². The minimum absolute atomic E-state index is 0.171. The normalized spacial score (nSPS) is 12.1. The van der Waals surface area contributed by atoms with Crippen LogP contribution in [-0.4, -0.2) is 0 Å². The summed E-state index contributed by atoms with van der Waals surface area (Å²) in [5, 5.41) is 5.34. The Labute approximate surface area is 610 Å². The van der Waals surface area contributed by atoms with Crippen molar-refractivity contribution in [1.82, 2.24) is 0 Å². The minimum Gasteiger partial charge on any atom is -0.311 e. The van der Waals surface area contributed by atoms with Crippen LogP contribution in [0, 0.1) is 0 Å². The molecule has 103 heavy (non-hydrogen) atoms. The molecule has 1 aliphatic carbocycles. The third-order valence-corrected chi connectivity index (χ3v) is 22.9. The lowest BCUT2D eigenvalue weighted by Crippen LogP contribution is -2.16. The van der Waals surface area contributed by atoms with Crippen molar-refractivity contribution in [3.05, 3.63) is 399 Å². The minimum atomic E-state index is -0.171. The number of anilines is 6.